The molecule has 0 saturated heterocycles. The summed E-state index contributed by atoms with van der Waals surface area (Å²) in [4.78, 5) is 15.0. The van der Waals surface area contributed by atoms with Gasteiger partial charge in [-0.3, -0.25) is 4.57 Å². The third kappa shape index (κ3) is 1.78. The van der Waals surface area contributed by atoms with Crippen LogP contribution in [-0.4, -0.2) is 14.7 Å². The SMILES string of the molecule is CCC(C)(C)n1cc(C)c(O)nc1=O. The zero-order valence-electron chi connectivity index (χ0n) is 9.03. The first-order valence-corrected chi connectivity index (χ1v) is 4.68. The molecular weight excluding hydrogens is 180 g/mol. The fourth-order valence-electron chi connectivity index (χ4n) is 1.14. The van der Waals surface area contributed by atoms with Crippen molar-refractivity contribution in [2.45, 2.75) is 39.7 Å². The Bertz CT molecular complexity index is 394. The van der Waals surface area contributed by atoms with E-state index >= 15 is 0 Å². The Morgan fingerprint density at radius 1 is 1.57 bits per heavy atom. The lowest BCUT2D eigenvalue weighted by Gasteiger charge is -2.25. The molecule has 4 nitrogen and oxygen atoms in total. The number of aromatic nitrogens is 2. The van der Waals surface area contributed by atoms with E-state index in [1.807, 2.05) is 20.8 Å². The lowest BCUT2D eigenvalue weighted by Crippen LogP contribution is -2.36. The third-order valence-corrected chi connectivity index (χ3v) is 2.60. The van der Waals surface area contributed by atoms with Crippen molar-refractivity contribution in [1.82, 2.24) is 9.55 Å². The normalized spacial score (nSPS) is 11.7. The van der Waals surface area contributed by atoms with Crippen LogP contribution >= 0.6 is 0 Å². The van der Waals surface area contributed by atoms with Gasteiger partial charge < -0.3 is 5.11 Å². The Kier molecular flexibility index (Phi) is 2.64. The van der Waals surface area contributed by atoms with Crippen molar-refractivity contribution in [3.8, 4) is 5.88 Å². The van der Waals surface area contributed by atoms with Crippen molar-refractivity contribution < 1.29 is 5.11 Å². The van der Waals surface area contributed by atoms with Crippen molar-refractivity contribution in [3.05, 3.63) is 22.2 Å². The van der Waals surface area contributed by atoms with Crippen LogP contribution < -0.4 is 5.69 Å². The van der Waals surface area contributed by atoms with Crippen molar-refractivity contribution in [3.63, 3.8) is 0 Å². The van der Waals surface area contributed by atoms with Gasteiger partial charge in [-0.15, -0.1) is 0 Å². The van der Waals surface area contributed by atoms with Gasteiger partial charge in [0.1, 0.15) is 0 Å². The van der Waals surface area contributed by atoms with Gasteiger partial charge in [-0.25, -0.2) is 4.79 Å². The molecule has 0 spiro atoms. The number of nitrogens with zero attached hydrogens (tertiary/aromatic N) is 2. The van der Waals surface area contributed by atoms with E-state index in [1.165, 1.54) is 0 Å². The summed E-state index contributed by atoms with van der Waals surface area (Å²) in [5.74, 6) is -0.182. The first-order valence-electron chi connectivity index (χ1n) is 4.68. The van der Waals surface area contributed by atoms with Gasteiger partial charge in [0.15, 0.2) is 0 Å². The van der Waals surface area contributed by atoms with Crippen molar-refractivity contribution in [2.24, 2.45) is 0 Å². The van der Waals surface area contributed by atoms with Crippen molar-refractivity contribution in [2.75, 3.05) is 0 Å². The number of aromatic hydroxyl groups is 1. The molecule has 1 aromatic rings. The van der Waals surface area contributed by atoms with Crippen LogP contribution in [0.5, 0.6) is 5.88 Å². The Morgan fingerprint density at radius 2 is 2.14 bits per heavy atom. The Labute approximate surface area is 83.2 Å². The van der Waals surface area contributed by atoms with E-state index in [2.05, 4.69) is 4.98 Å². The first-order chi connectivity index (χ1) is 6.38. The molecule has 0 fully saturated rings. The van der Waals surface area contributed by atoms with Crippen LogP contribution in [0.25, 0.3) is 0 Å². The molecule has 1 rings (SSSR count). The predicted molar refractivity (Wildman–Crippen MR) is 54.5 cm³/mol. The molecule has 0 atom stereocenters. The Balaban J connectivity index is 3.37. The molecule has 1 heterocycles. The predicted octanol–water partition coefficient (Wildman–Crippen LogP) is 1.40. The van der Waals surface area contributed by atoms with Gasteiger partial charge in [-0.1, -0.05) is 6.92 Å². The molecule has 0 aliphatic carbocycles. The second kappa shape index (κ2) is 3.44. The number of rotatable bonds is 2. The molecule has 0 aromatic carbocycles. The molecule has 0 radical (unpaired) electrons. The van der Waals surface area contributed by atoms with E-state index in [0.29, 0.717) is 5.56 Å². The summed E-state index contributed by atoms with van der Waals surface area (Å²) in [5.41, 5.74) is -0.0474. The van der Waals surface area contributed by atoms with Gasteiger partial charge in [-0.05, 0) is 27.2 Å². The minimum atomic E-state index is -0.403. The maximum absolute atomic E-state index is 11.5. The summed E-state index contributed by atoms with van der Waals surface area (Å²) in [7, 11) is 0. The van der Waals surface area contributed by atoms with Gasteiger partial charge in [0.25, 0.3) is 0 Å². The van der Waals surface area contributed by atoms with Crippen LogP contribution in [0.3, 0.4) is 0 Å². The molecule has 0 aliphatic rings. The van der Waals surface area contributed by atoms with Crippen LogP contribution in [-0.2, 0) is 5.54 Å². The highest BCUT2D eigenvalue weighted by Gasteiger charge is 2.20. The molecule has 0 amide bonds. The monoisotopic (exact) mass is 196 g/mol. The minimum absolute atomic E-state index is 0.182. The lowest BCUT2D eigenvalue weighted by atomic mass is 10.0. The largest absolute Gasteiger partial charge is 0.493 e. The van der Waals surface area contributed by atoms with Crippen molar-refractivity contribution in [1.29, 1.82) is 0 Å². The van der Waals surface area contributed by atoms with Crippen LogP contribution in [0.2, 0.25) is 0 Å². The molecule has 0 aliphatic heterocycles. The van der Waals surface area contributed by atoms with E-state index in [9.17, 15) is 9.90 Å². The standard InChI is InChI=1S/C10H16N2O2/c1-5-10(3,4)12-6-7(2)8(13)11-9(12)14/h6H,5H2,1-4H3,(H,11,13,14). The molecule has 0 unspecified atom stereocenters. The highest BCUT2D eigenvalue weighted by Crippen LogP contribution is 2.18. The fourth-order valence-corrected chi connectivity index (χ4v) is 1.14. The van der Waals surface area contributed by atoms with Gasteiger partial charge >= 0.3 is 5.69 Å². The van der Waals surface area contributed by atoms with Crippen LogP contribution in [0.4, 0.5) is 0 Å². The zero-order valence-corrected chi connectivity index (χ0v) is 9.03. The first kappa shape index (κ1) is 10.8. The topological polar surface area (TPSA) is 55.1 Å². The van der Waals surface area contributed by atoms with E-state index in [-0.39, 0.29) is 11.4 Å². The lowest BCUT2D eigenvalue weighted by molar-refractivity contribution is 0.319. The zero-order chi connectivity index (χ0) is 10.9. The van der Waals surface area contributed by atoms with E-state index in [4.69, 9.17) is 0 Å². The summed E-state index contributed by atoms with van der Waals surface area (Å²) in [6.07, 6.45) is 2.48. The maximum atomic E-state index is 11.5. The van der Waals surface area contributed by atoms with Gasteiger partial charge in [0.05, 0.1) is 0 Å². The third-order valence-electron chi connectivity index (χ3n) is 2.60. The summed E-state index contributed by atoms with van der Waals surface area (Å²) < 4.78 is 1.56. The number of hydrogen-bond donors (Lipinski definition) is 1. The molecule has 0 saturated carbocycles. The van der Waals surface area contributed by atoms with Gasteiger partial charge in [0.2, 0.25) is 5.88 Å². The molecule has 1 aromatic heterocycles. The Hall–Kier alpha value is -1.32. The van der Waals surface area contributed by atoms with Crippen molar-refractivity contribution >= 4 is 0 Å². The second-order valence-corrected chi connectivity index (χ2v) is 4.07. The summed E-state index contributed by atoms with van der Waals surface area (Å²) in [6.45, 7) is 7.66. The van der Waals surface area contributed by atoms with Crippen LogP contribution in [0.1, 0.15) is 32.8 Å². The molecule has 14 heavy (non-hydrogen) atoms. The quantitative estimate of drug-likeness (QED) is 0.778. The van der Waals surface area contributed by atoms with Gasteiger partial charge in [0, 0.05) is 17.3 Å². The smallest absolute Gasteiger partial charge is 0.351 e. The molecule has 78 valence electrons. The van der Waals surface area contributed by atoms with Gasteiger partial charge in [-0.2, -0.15) is 4.98 Å². The van der Waals surface area contributed by atoms with Crippen LogP contribution in [0.15, 0.2) is 11.0 Å². The molecular formula is C10H16N2O2. The molecule has 0 bridgehead atoms. The minimum Gasteiger partial charge on any atom is -0.493 e. The van der Waals surface area contributed by atoms with E-state index in [1.54, 1.807) is 17.7 Å². The average molecular weight is 196 g/mol. The maximum Gasteiger partial charge on any atom is 0.351 e. The Morgan fingerprint density at radius 3 is 2.64 bits per heavy atom. The number of hydrogen-bond acceptors (Lipinski definition) is 3. The van der Waals surface area contributed by atoms with Crippen LogP contribution in [0, 0.1) is 6.92 Å². The highest BCUT2D eigenvalue weighted by molar-refractivity contribution is 5.19. The fraction of sp³-hybridized carbons (Fsp3) is 0.600. The summed E-state index contributed by atoms with van der Waals surface area (Å²) >= 11 is 0. The highest BCUT2D eigenvalue weighted by atomic mass is 16.3. The number of aryl methyl sites for hydroxylation is 1. The molecule has 4 heteroatoms. The van der Waals surface area contributed by atoms with E-state index in [0.717, 1.165) is 6.42 Å². The second-order valence-electron chi connectivity index (χ2n) is 4.07. The average Bonchev–Trinajstić information content (AvgIpc) is 2.11. The molecule has 1 N–H and O–H groups in total. The summed E-state index contributed by atoms with van der Waals surface area (Å²) in [6, 6.07) is 0. The van der Waals surface area contributed by atoms with E-state index < -0.39 is 5.69 Å². The summed E-state index contributed by atoms with van der Waals surface area (Å²) in [5, 5.41) is 9.24.